The number of aromatic nitrogens is 2. The molecule has 2 aliphatic heterocycles. The van der Waals surface area contributed by atoms with E-state index in [-0.39, 0.29) is 29.0 Å². The molecule has 3 aromatic carbocycles. The SMILES string of the molecule is C=CCON=C(C(=O)NC1C(=O)N2C(C(=O)OC(c3ccccc3)c3ccccc3)=C(CS/C=C\c3ccccc3)CS[C@H]12)c1nsc(N)n1. The number of carbonyl (C=O) groups is 3. The Hall–Kier alpha value is -5.18. The fraction of sp³-hybridized carbons (Fsp3) is 0.167. The third kappa shape index (κ3) is 7.99. The molecule has 1 fully saturated rings. The topological polar surface area (TPSA) is 149 Å². The van der Waals surface area contributed by atoms with Gasteiger partial charge < -0.3 is 20.6 Å². The minimum absolute atomic E-state index is 0.0334. The van der Waals surface area contributed by atoms with Gasteiger partial charge in [-0.05, 0) is 33.7 Å². The van der Waals surface area contributed by atoms with Gasteiger partial charge in [0.15, 0.2) is 11.2 Å². The van der Waals surface area contributed by atoms with Crippen molar-refractivity contribution >= 4 is 69.8 Å². The number of thioether (sulfide) groups is 2. The zero-order valence-corrected chi connectivity index (χ0v) is 29.0. The van der Waals surface area contributed by atoms with Gasteiger partial charge in [0.25, 0.3) is 11.8 Å². The molecule has 0 aliphatic carbocycles. The predicted octanol–water partition coefficient (Wildman–Crippen LogP) is 5.42. The molecule has 2 atom stereocenters. The number of nitrogens with one attached hydrogen (secondary N) is 1. The summed E-state index contributed by atoms with van der Waals surface area (Å²) in [7, 11) is 0. The summed E-state index contributed by atoms with van der Waals surface area (Å²) in [5, 5.41) is 8.16. The Labute approximate surface area is 301 Å². The van der Waals surface area contributed by atoms with Crippen LogP contribution in [0, 0.1) is 0 Å². The minimum Gasteiger partial charge on any atom is -0.448 e. The third-order valence-electron chi connectivity index (χ3n) is 7.59. The number of nitrogen functional groups attached to an aromatic ring is 1. The van der Waals surface area contributed by atoms with E-state index >= 15 is 0 Å². The highest BCUT2D eigenvalue weighted by Crippen LogP contribution is 2.42. The van der Waals surface area contributed by atoms with E-state index in [9.17, 15) is 14.4 Å². The minimum atomic E-state index is -0.956. The number of hydrogen-bond donors (Lipinski definition) is 2. The van der Waals surface area contributed by atoms with Gasteiger partial charge in [-0.2, -0.15) is 9.36 Å². The average molecular weight is 725 g/mol. The zero-order chi connectivity index (χ0) is 34.9. The van der Waals surface area contributed by atoms with Gasteiger partial charge in [0.05, 0.1) is 0 Å². The lowest BCUT2D eigenvalue weighted by atomic mass is 10.0. The quantitative estimate of drug-likeness (QED) is 0.0432. The Morgan fingerprint density at radius 1 is 1.06 bits per heavy atom. The van der Waals surface area contributed by atoms with Crippen LogP contribution in [0.5, 0.6) is 0 Å². The Morgan fingerprint density at radius 2 is 1.72 bits per heavy atom. The average Bonchev–Trinajstić information content (AvgIpc) is 3.59. The van der Waals surface area contributed by atoms with Crippen LogP contribution in [-0.2, 0) is 24.0 Å². The Balaban J connectivity index is 1.26. The van der Waals surface area contributed by atoms with Crippen molar-refractivity contribution in [1.82, 2.24) is 19.6 Å². The van der Waals surface area contributed by atoms with Crippen LogP contribution in [0.15, 0.2) is 125 Å². The zero-order valence-electron chi connectivity index (χ0n) is 26.6. The molecule has 0 spiro atoms. The van der Waals surface area contributed by atoms with Gasteiger partial charge in [0.1, 0.15) is 23.7 Å². The highest BCUT2D eigenvalue weighted by Gasteiger charge is 2.55. The maximum absolute atomic E-state index is 14.3. The van der Waals surface area contributed by atoms with Gasteiger partial charge in [0, 0.05) is 23.0 Å². The number of carbonyl (C=O) groups excluding carboxylic acids is 3. The number of oxime groups is 1. The number of benzene rings is 3. The van der Waals surface area contributed by atoms with Gasteiger partial charge in [0.2, 0.25) is 11.5 Å². The van der Waals surface area contributed by atoms with Crippen LogP contribution < -0.4 is 11.1 Å². The van der Waals surface area contributed by atoms with Gasteiger partial charge in [-0.3, -0.25) is 14.5 Å². The van der Waals surface area contributed by atoms with E-state index in [0.29, 0.717) is 11.5 Å². The number of ether oxygens (including phenoxy) is 1. The van der Waals surface area contributed by atoms with Crippen molar-refractivity contribution in [2.45, 2.75) is 17.5 Å². The van der Waals surface area contributed by atoms with Crippen molar-refractivity contribution in [2.75, 3.05) is 23.8 Å². The van der Waals surface area contributed by atoms with Crippen LogP contribution in [0.2, 0.25) is 0 Å². The van der Waals surface area contributed by atoms with Crippen LogP contribution in [0.25, 0.3) is 6.08 Å². The van der Waals surface area contributed by atoms with Crippen molar-refractivity contribution in [3.05, 3.63) is 143 Å². The van der Waals surface area contributed by atoms with Gasteiger partial charge in [-0.15, -0.1) is 23.5 Å². The first-order valence-corrected chi connectivity index (χ1v) is 18.3. The third-order valence-corrected chi connectivity index (χ3v) is 10.3. The predicted molar refractivity (Wildman–Crippen MR) is 198 cm³/mol. The molecule has 14 heteroatoms. The van der Waals surface area contributed by atoms with Crippen LogP contribution in [0.3, 0.4) is 0 Å². The molecule has 4 aromatic rings. The summed E-state index contributed by atoms with van der Waals surface area (Å²) in [5.74, 6) is -0.960. The van der Waals surface area contributed by atoms with E-state index in [4.69, 9.17) is 15.3 Å². The molecule has 50 heavy (non-hydrogen) atoms. The maximum Gasteiger partial charge on any atom is 0.356 e. The van der Waals surface area contributed by atoms with Crippen molar-refractivity contribution in [1.29, 1.82) is 0 Å². The molecule has 0 bridgehead atoms. The van der Waals surface area contributed by atoms with Gasteiger partial charge in [-0.1, -0.05) is 109 Å². The largest absolute Gasteiger partial charge is 0.448 e. The first kappa shape index (κ1) is 34.7. The molecule has 2 aliphatic rings. The molecule has 3 N–H and O–H groups in total. The van der Waals surface area contributed by atoms with Gasteiger partial charge in [-0.25, -0.2) is 4.79 Å². The van der Waals surface area contributed by atoms with E-state index in [1.807, 2.05) is 102 Å². The molecule has 11 nitrogen and oxygen atoms in total. The fourth-order valence-electron chi connectivity index (χ4n) is 5.25. The van der Waals surface area contributed by atoms with Crippen molar-refractivity contribution in [3.63, 3.8) is 0 Å². The molecule has 0 radical (unpaired) electrons. The first-order valence-electron chi connectivity index (χ1n) is 15.5. The summed E-state index contributed by atoms with van der Waals surface area (Å²) in [6, 6.07) is 27.8. The molecular formula is C36H32N6O5S3. The van der Waals surface area contributed by atoms with E-state index in [2.05, 4.69) is 26.4 Å². The molecule has 1 aromatic heterocycles. The molecule has 1 unspecified atom stereocenters. The molecule has 0 saturated carbocycles. The molecule has 1 saturated heterocycles. The monoisotopic (exact) mass is 724 g/mol. The number of nitrogens with zero attached hydrogens (tertiary/aromatic N) is 4. The maximum atomic E-state index is 14.3. The number of esters is 1. The number of fused-ring (bicyclic) bond motifs is 1. The first-order chi connectivity index (χ1) is 24.4. The number of anilines is 1. The lowest BCUT2D eigenvalue weighted by Gasteiger charge is -2.49. The Morgan fingerprint density at radius 3 is 2.34 bits per heavy atom. The van der Waals surface area contributed by atoms with Gasteiger partial charge >= 0.3 is 5.97 Å². The number of β-lactam (4-membered cyclic amide) rings is 1. The number of amides is 2. The molecule has 3 heterocycles. The van der Waals surface area contributed by atoms with Crippen molar-refractivity contribution in [3.8, 4) is 0 Å². The second kappa shape index (κ2) is 16.5. The molecule has 6 rings (SSSR count). The summed E-state index contributed by atoms with van der Waals surface area (Å²) < 4.78 is 10.3. The highest BCUT2D eigenvalue weighted by atomic mass is 32.2. The van der Waals surface area contributed by atoms with Crippen LogP contribution in [0.1, 0.15) is 28.6 Å². The summed E-state index contributed by atoms with van der Waals surface area (Å²) in [6.07, 6.45) is 2.75. The summed E-state index contributed by atoms with van der Waals surface area (Å²) in [5.41, 5.74) is 9.06. The summed E-state index contributed by atoms with van der Waals surface area (Å²) in [4.78, 5) is 52.2. The second-order valence-electron chi connectivity index (χ2n) is 10.9. The van der Waals surface area contributed by atoms with Crippen LogP contribution >= 0.6 is 35.1 Å². The van der Waals surface area contributed by atoms with E-state index in [1.54, 1.807) is 0 Å². The molecule has 254 valence electrons. The molecule has 2 amide bonds. The highest BCUT2D eigenvalue weighted by molar-refractivity contribution is 8.02. The van der Waals surface area contributed by atoms with E-state index in [0.717, 1.165) is 33.8 Å². The van der Waals surface area contributed by atoms with E-state index in [1.165, 1.54) is 34.5 Å². The summed E-state index contributed by atoms with van der Waals surface area (Å²) in [6.45, 7) is 3.61. The number of hydrogen-bond acceptors (Lipinski definition) is 12. The fourth-order valence-corrected chi connectivity index (χ4v) is 7.95. The van der Waals surface area contributed by atoms with Crippen molar-refractivity contribution < 1.29 is 24.0 Å². The summed E-state index contributed by atoms with van der Waals surface area (Å²) >= 11 is 3.86. The Kier molecular flexibility index (Phi) is 11.4. The van der Waals surface area contributed by atoms with Crippen LogP contribution in [-0.4, -0.2) is 67.3 Å². The number of rotatable bonds is 14. The smallest absolute Gasteiger partial charge is 0.356 e. The second-order valence-corrected chi connectivity index (χ2v) is 13.7. The number of nitrogens with two attached hydrogens (primary N) is 1. The lowest BCUT2D eigenvalue weighted by Crippen LogP contribution is -2.71. The van der Waals surface area contributed by atoms with Crippen molar-refractivity contribution in [2.24, 2.45) is 5.16 Å². The lowest BCUT2D eigenvalue weighted by molar-refractivity contribution is -0.154. The molecular weight excluding hydrogens is 693 g/mol. The van der Waals surface area contributed by atoms with Crippen LogP contribution in [0.4, 0.5) is 5.13 Å². The van der Waals surface area contributed by atoms with E-state index < -0.39 is 35.3 Å². The Bertz CT molecular complexity index is 1900. The standard InChI is InChI=1S/C36H32N6O5S3/c1-2-19-46-40-27(31-39-36(37)50-41-31)32(43)38-28-33(44)42-29(26(22-49-34(28)42)21-48-20-18-23-12-6-3-7-13-23)35(45)47-30(24-14-8-4-9-15-24)25-16-10-5-11-17-25/h2-18,20,28,30,34H,1,19,21-22H2,(H,38,43)(H2,37,39,41)/b20-18-,40-27?/t28?,34-/m1/s1. The normalized spacial score (nSPS) is 17.3.